The molecule has 4 rings (SSSR count). The van der Waals surface area contributed by atoms with Crippen LogP contribution in [-0.4, -0.2) is 68.3 Å². The van der Waals surface area contributed by atoms with Crippen molar-refractivity contribution >= 4 is 40.6 Å². The highest BCUT2D eigenvalue weighted by Gasteiger charge is 2.21. The van der Waals surface area contributed by atoms with Gasteiger partial charge in [0.1, 0.15) is 5.75 Å². The fraction of sp³-hybridized carbons (Fsp3) is 0.480. The molecule has 8 heteroatoms. The van der Waals surface area contributed by atoms with Gasteiger partial charge in [-0.1, -0.05) is 29.6 Å². The summed E-state index contributed by atoms with van der Waals surface area (Å²) in [5, 5.41) is 3.79. The molecule has 0 unspecified atom stereocenters. The summed E-state index contributed by atoms with van der Waals surface area (Å²) in [7, 11) is 0. The number of nitrogens with one attached hydrogen (secondary N) is 1. The first kappa shape index (κ1) is 24.0. The molecule has 2 aliphatic heterocycles. The Hall–Kier alpha value is -2.15. The Labute approximate surface area is 206 Å². The number of halogens is 2. The fourth-order valence-electron chi connectivity index (χ4n) is 4.36. The topological polar surface area (TPSA) is 48.1 Å². The SMILES string of the molecule is O=C(Nc1ccc(Cl)c(Cl)c1)N1CCN(c2ccc(OCCCN3CCCCC3)cc2)CC1. The Bertz CT molecular complexity index is 911. The molecule has 1 N–H and O–H groups in total. The zero-order valence-corrected chi connectivity index (χ0v) is 20.5. The van der Waals surface area contributed by atoms with E-state index >= 15 is 0 Å². The number of rotatable bonds is 7. The van der Waals surface area contributed by atoms with E-state index in [0.29, 0.717) is 28.8 Å². The highest BCUT2D eigenvalue weighted by atomic mass is 35.5. The molecule has 0 aromatic heterocycles. The van der Waals surface area contributed by atoms with Gasteiger partial charge in [-0.3, -0.25) is 0 Å². The molecule has 0 spiro atoms. The molecule has 178 valence electrons. The van der Waals surface area contributed by atoms with E-state index in [-0.39, 0.29) is 6.03 Å². The van der Waals surface area contributed by atoms with Crippen LogP contribution >= 0.6 is 23.2 Å². The van der Waals surface area contributed by atoms with Gasteiger partial charge in [0.15, 0.2) is 0 Å². The van der Waals surface area contributed by atoms with Crippen LogP contribution in [0.25, 0.3) is 0 Å². The second kappa shape index (κ2) is 11.8. The van der Waals surface area contributed by atoms with Crippen LogP contribution in [0.1, 0.15) is 25.7 Å². The van der Waals surface area contributed by atoms with Crippen molar-refractivity contribution < 1.29 is 9.53 Å². The zero-order chi connectivity index (χ0) is 23.0. The largest absolute Gasteiger partial charge is 0.494 e. The molecule has 0 saturated carbocycles. The van der Waals surface area contributed by atoms with Crippen molar-refractivity contribution in [1.82, 2.24) is 9.80 Å². The number of anilines is 2. The lowest BCUT2D eigenvalue weighted by molar-refractivity contribution is 0.205. The molecule has 2 aromatic carbocycles. The number of piperidine rings is 1. The molecule has 2 saturated heterocycles. The molecule has 0 atom stereocenters. The predicted octanol–water partition coefficient (Wildman–Crippen LogP) is 5.60. The Morgan fingerprint density at radius 3 is 2.30 bits per heavy atom. The Kier molecular flexibility index (Phi) is 8.59. The Morgan fingerprint density at radius 2 is 1.61 bits per heavy atom. The molecule has 2 heterocycles. The van der Waals surface area contributed by atoms with Gasteiger partial charge in [0.25, 0.3) is 0 Å². The minimum absolute atomic E-state index is 0.124. The molecular formula is C25H32Cl2N4O2. The number of ether oxygens (including phenoxy) is 1. The first-order valence-corrected chi connectivity index (χ1v) is 12.6. The van der Waals surface area contributed by atoms with Crippen molar-refractivity contribution in [3.05, 3.63) is 52.5 Å². The minimum Gasteiger partial charge on any atom is -0.494 e. The normalized spacial score (nSPS) is 17.2. The molecule has 0 bridgehead atoms. The average molecular weight is 491 g/mol. The molecule has 0 radical (unpaired) electrons. The van der Waals surface area contributed by atoms with Crippen LogP contribution in [0, 0.1) is 0 Å². The number of carbonyl (C=O) groups excluding carboxylic acids is 1. The number of amides is 2. The number of carbonyl (C=O) groups is 1. The van der Waals surface area contributed by atoms with Crippen LogP contribution in [-0.2, 0) is 0 Å². The molecule has 2 amide bonds. The van der Waals surface area contributed by atoms with Crippen LogP contribution in [0.2, 0.25) is 10.0 Å². The predicted molar refractivity (Wildman–Crippen MR) is 136 cm³/mol. The van der Waals surface area contributed by atoms with E-state index in [0.717, 1.165) is 44.1 Å². The van der Waals surface area contributed by atoms with E-state index in [2.05, 4.69) is 27.2 Å². The van der Waals surface area contributed by atoms with Crippen molar-refractivity contribution in [2.75, 3.05) is 62.6 Å². The van der Waals surface area contributed by atoms with Gasteiger partial charge >= 0.3 is 6.03 Å². The van der Waals surface area contributed by atoms with Crippen LogP contribution < -0.4 is 15.0 Å². The van der Waals surface area contributed by atoms with Gasteiger partial charge in [-0.05, 0) is 74.8 Å². The van der Waals surface area contributed by atoms with Crippen LogP contribution in [0.3, 0.4) is 0 Å². The molecule has 2 aromatic rings. The average Bonchev–Trinajstić information content (AvgIpc) is 2.85. The van der Waals surface area contributed by atoms with Gasteiger partial charge < -0.3 is 24.8 Å². The number of hydrogen-bond donors (Lipinski definition) is 1. The number of nitrogens with zero attached hydrogens (tertiary/aromatic N) is 3. The van der Waals surface area contributed by atoms with Gasteiger partial charge in [0.05, 0.1) is 16.7 Å². The standard InChI is InChI=1S/C25H32Cl2N4O2/c26-23-10-5-20(19-24(23)27)28-25(32)31-16-14-30(15-17-31)21-6-8-22(9-7-21)33-18-4-13-29-11-2-1-3-12-29/h5-10,19H,1-4,11-18H2,(H,28,32). The first-order chi connectivity index (χ1) is 16.1. The quantitative estimate of drug-likeness (QED) is 0.512. The summed E-state index contributed by atoms with van der Waals surface area (Å²) in [4.78, 5) is 19.2. The molecular weight excluding hydrogens is 459 g/mol. The maximum absolute atomic E-state index is 12.6. The lowest BCUT2D eigenvalue weighted by Gasteiger charge is -2.36. The summed E-state index contributed by atoms with van der Waals surface area (Å²) >= 11 is 12.0. The van der Waals surface area contributed by atoms with Gasteiger partial charge in [-0.15, -0.1) is 0 Å². The summed E-state index contributed by atoms with van der Waals surface area (Å²) in [5.41, 5.74) is 1.79. The molecule has 2 fully saturated rings. The van der Waals surface area contributed by atoms with Crippen molar-refractivity contribution in [3.63, 3.8) is 0 Å². The zero-order valence-electron chi connectivity index (χ0n) is 18.9. The second-order valence-corrected chi connectivity index (χ2v) is 9.45. The third-order valence-electron chi connectivity index (χ3n) is 6.28. The summed E-state index contributed by atoms with van der Waals surface area (Å²) in [6, 6.07) is 13.3. The van der Waals surface area contributed by atoms with Crippen molar-refractivity contribution in [1.29, 1.82) is 0 Å². The third kappa shape index (κ3) is 6.92. The van der Waals surface area contributed by atoms with Crippen LogP contribution in [0.5, 0.6) is 5.75 Å². The van der Waals surface area contributed by atoms with Crippen molar-refractivity contribution in [2.45, 2.75) is 25.7 Å². The highest BCUT2D eigenvalue weighted by Crippen LogP contribution is 2.25. The maximum atomic E-state index is 12.6. The smallest absolute Gasteiger partial charge is 0.321 e. The van der Waals surface area contributed by atoms with Gasteiger partial charge in [-0.25, -0.2) is 4.79 Å². The summed E-state index contributed by atoms with van der Waals surface area (Å²) in [6.45, 7) is 7.22. The van der Waals surface area contributed by atoms with Gasteiger partial charge in [-0.2, -0.15) is 0 Å². The number of likely N-dealkylation sites (tertiary alicyclic amines) is 1. The van der Waals surface area contributed by atoms with E-state index in [4.69, 9.17) is 27.9 Å². The van der Waals surface area contributed by atoms with E-state index < -0.39 is 0 Å². The summed E-state index contributed by atoms with van der Waals surface area (Å²) in [5.74, 6) is 0.914. The third-order valence-corrected chi connectivity index (χ3v) is 7.01. The maximum Gasteiger partial charge on any atom is 0.321 e. The number of piperazine rings is 1. The number of hydrogen-bond acceptors (Lipinski definition) is 4. The lowest BCUT2D eigenvalue weighted by Crippen LogP contribution is -2.50. The fourth-order valence-corrected chi connectivity index (χ4v) is 4.66. The van der Waals surface area contributed by atoms with Crippen LogP contribution in [0.15, 0.2) is 42.5 Å². The monoisotopic (exact) mass is 490 g/mol. The molecule has 33 heavy (non-hydrogen) atoms. The van der Waals surface area contributed by atoms with Crippen molar-refractivity contribution in [2.24, 2.45) is 0 Å². The Morgan fingerprint density at radius 1 is 0.879 bits per heavy atom. The van der Waals surface area contributed by atoms with Gasteiger partial charge in [0.2, 0.25) is 0 Å². The van der Waals surface area contributed by atoms with Crippen LogP contribution in [0.4, 0.5) is 16.2 Å². The lowest BCUT2D eigenvalue weighted by atomic mass is 10.1. The van der Waals surface area contributed by atoms with E-state index in [1.54, 1.807) is 18.2 Å². The number of urea groups is 1. The minimum atomic E-state index is -0.124. The number of benzene rings is 2. The molecule has 6 nitrogen and oxygen atoms in total. The first-order valence-electron chi connectivity index (χ1n) is 11.8. The highest BCUT2D eigenvalue weighted by molar-refractivity contribution is 6.42. The van der Waals surface area contributed by atoms with E-state index in [9.17, 15) is 4.79 Å². The molecule has 0 aliphatic carbocycles. The summed E-state index contributed by atoms with van der Waals surface area (Å²) in [6.07, 6.45) is 5.10. The Balaban J connectivity index is 1.18. The van der Waals surface area contributed by atoms with E-state index in [1.807, 2.05) is 17.0 Å². The van der Waals surface area contributed by atoms with E-state index in [1.165, 1.54) is 32.4 Å². The van der Waals surface area contributed by atoms with Crippen molar-refractivity contribution in [3.8, 4) is 5.75 Å². The summed E-state index contributed by atoms with van der Waals surface area (Å²) < 4.78 is 5.94. The second-order valence-electron chi connectivity index (χ2n) is 8.63. The molecule has 2 aliphatic rings. The van der Waals surface area contributed by atoms with Gasteiger partial charge in [0, 0.05) is 44.1 Å².